The Bertz CT molecular complexity index is 217. The van der Waals surface area contributed by atoms with Crippen LogP contribution in [0.25, 0.3) is 0 Å². The average Bonchev–Trinajstić information content (AvgIpc) is 2.18. The van der Waals surface area contributed by atoms with E-state index in [0.29, 0.717) is 0 Å². The van der Waals surface area contributed by atoms with Crippen LogP contribution in [0.4, 0.5) is 0 Å². The molecule has 0 heterocycles. The Labute approximate surface area is 87.2 Å². The average molecular weight is 220 g/mol. The van der Waals surface area contributed by atoms with Crippen LogP contribution < -0.4 is 11.1 Å². The maximum Gasteiger partial charge on any atom is 0.326 e. The molecule has 0 aromatic heterocycles. The van der Waals surface area contributed by atoms with Gasteiger partial charge in [-0.15, -0.1) is 0 Å². The number of aliphatic carboxylic acids is 1. The quantitative estimate of drug-likeness (QED) is 0.390. The van der Waals surface area contributed by atoms with Crippen LogP contribution in [-0.4, -0.2) is 54.5 Å². The molecule has 0 aliphatic rings. The highest BCUT2D eigenvalue weighted by atomic mass is 16.5. The fraction of sp³-hybridized carbons (Fsp3) is 0.750. The number of nitrogens with one attached hydrogen (secondary N) is 1. The molecule has 1 amide bonds. The van der Waals surface area contributed by atoms with E-state index in [1.54, 1.807) is 0 Å². The van der Waals surface area contributed by atoms with Crippen LogP contribution in [0.15, 0.2) is 0 Å². The monoisotopic (exact) mass is 220 g/mol. The van der Waals surface area contributed by atoms with Crippen molar-refractivity contribution in [3.8, 4) is 0 Å². The molecule has 1 unspecified atom stereocenters. The highest BCUT2D eigenvalue weighted by Crippen LogP contribution is 1.94. The minimum Gasteiger partial charge on any atom is -0.480 e. The lowest BCUT2D eigenvalue weighted by Gasteiger charge is -2.17. The first-order chi connectivity index (χ1) is 7.06. The molecule has 0 aromatic rings. The molecule has 0 bridgehead atoms. The molecule has 2 atom stereocenters. The molecular weight excluding hydrogens is 204 g/mol. The maximum absolute atomic E-state index is 11.3. The fourth-order valence-corrected chi connectivity index (χ4v) is 0.961. The van der Waals surface area contributed by atoms with E-state index in [-0.39, 0.29) is 19.6 Å². The Balaban J connectivity index is 4.27. The van der Waals surface area contributed by atoms with Gasteiger partial charge in [0, 0.05) is 26.7 Å². The molecule has 0 aromatic carbocycles. The van der Waals surface area contributed by atoms with Crippen molar-refractivity contribution in [1.29, 1.82) is 0 Å². The molecule has 7 nitrogen and oxygen atoms in total. The Morgan fingerprint density at radius 2 is 2.13 bits per heavy atom. The van der Waals surface area contributed by atoms with Crippen molar-refractivity contribution in [1.82, 2.24) is 5.32 Å². The van der Waals surface area contributed by atoms with E-state index in [9.17, 15) is 9.59 Å². The number of carbonyl (C=O) groups excluding carboxylic acids is 1. The van der Waals surface area contributed by atoms with Crippen LogP contribution in [-0.2, 0) is 14.3 Å². The molecule has 0 rings (SSSR count). The van der Waals surface area contributed by atoms with Gasteiger partial charge in [0.2, 0.25) is 0 Å². The second kappa shape index (κ2) is 7.16. The van der Waals surface area contributed by atoms with Crippen molar-refractivity contribution in [3.63, 3.8) is 0 Å². The van der Waals surface area contributed by atoms with Gasteiger partial charge in [0.25, 0.3) is 5.91 Å². The van der Waals surface area contributed by atoms with Gasteiger partial charge in [-0.1, -0.05) is 0 Å². The van der Waals surface area contributed by atoms with Crippen molar-refractivity contribution < 1.29 is 24.5 Å². The van der Waals surface area contributed by atoms with Crippen molar-refractivity contribution in [3.05, 3.63) is 0 Å². The lowest BCUT2D eigenvalue weighted by molar-refractivity contribution is -0.144. The Morgan fingerprint density at radius 1 is 1.53 bits per heavy atom. The predicted octanol–water partition coefficient (Wildman–Crippen LogP) is -2.09. The summed E-state index contributed by atoms with van der Waals surface area (Å²) >= 11 is 0. The number of rotatable bonds is 7. The topological polar surface area (TPSA) is 122 Å². The molecule has 15 heavy (non-hydrogen) atoms. The normalized spacial score (nSPS) is 14.3. The molecule has 88 valence electrons. The van der Waals surface area contributed by atoms with E-state index in [0.717, 1.165) is 0 Å². The summed E-state index contributed by atoms with van der Waals surface area (Å²) in [5, 5.41) is 19.5. The number of hydrogen-bond donors (Lipinski definition) is 4. The summed E-state index contributed by atoms with van der Waals surface area (Å²) in [5.41, 5.74) is 5.23. The number of nitrogens with two attached hydrogens (primary N) is 1. The Kier molecular flexibility index (Phi) is 6.59. The standard InChI is InChI=1S/C8H16N2O5/c1-15-6(4-9)7(12)10-5(2-3-11)8(13)14/h5-6,11H,2-4,9H2,1H3,(H,10,12)(H,13,14)/t5-,6?/m0/s1. The molecular formula is C8H16N2O5. The number of aliphatic hydroxyl groups is 1. The molecule has 0 spiro atoms. The van der Waals surface area contributed by atoms with Crippen molar-refractivity contribution >= 4 is 11.9 Å². The zero-order chi connectivity index (χ0) is 11.8. The first-order valence-electron chi connectivity index (χ1n) is 4.43. The summed E-state index contributed by atoms with van der Waals surface area (Å²) < 4.78 is 4.73. The Morgan fingerprint density at radius 3 is 2.47 bits per heavy atom. The fourth-order valence-electron chi connectivity index (χ4n) is 0.961. The van der Waals surface area contributed by atoms with Gasteiger partial charge in [-0.25, -0.2) is 4.79 Å². The van der Waals surface area contributed by atoms with Gasteiger partial charge in [0.1, 0.15) is 12.1 Å². The van der Waals surface area contributed by atoms with E-state index in [1.807, 2.05) is 0 Å². The van der Waals surface area contributed by atoms with Crippen molar-refractivity contribution in [2.24, 2.45) is 5.73 Å². The lowest BCUT2D eigenvalue weighted by atomic mass is 10.2. The van der Waals surface area contributed by atoms with E-state index in [4.69, 9.17) is 20.7 Å². The van der Waals surface area contributed by atoms with Gasteiger partial charge < -0.3 is 26.0 Å². The second-order valence-electron chi connectivity index (χ2n) is 2.87. The number of amides is 1. The van der Waals surface area contributed by atoms with Crippen LogP contribution in [0.3, 0.4) is 0 Å². The molecule has 0 fully saturated rings. The van der Waals surface area contributed by atoms with Gasteiger partial charge in [0.15, 0.2) is 0 Å². The van der Waals surface area contributed by atoms with E-state index in [1.165, 1.54) is 7.11 Å². The minimum absolute atomic E-state index is 0.0339. The summed E-state index contributed by atoms with van der Waals surface area (Å²) in [6.45, 7) is -0.356. The predicted molar refractivity (Wildman–Crippen MR) is 51.1 cm³/mol. The molecule has 0 radical (unpaired) electrons. The van der Waals surface area contributed by atoms with E-state index < -0.39 is 24.0 Å². The second-order valence-corrected chi connectivity index (χ2v) is 2.87. The molecule has 0 saturated heterocycles. The number of carboxylic acids is 1. The van der Waals surface area contributed by atoms with E-state index >= 15 is 0 Å². The summed E-state index contributed by atoms with van der Waals surface area (Å²) in [6, 6.07) is -1.12. The number of carboxylic acid groups (broad SMARTS) is 1. The summed E-state index contributed by atoms with van der Waals surface area (Å²) in [4.78, 5) is 22.0. The van der Waals surface area contributed by atoms with Gasteiger partial charge in [-0.3, -0.25) is 4.79 Å². The third kappa shape index (κ3) is 4.73. The van der Waals surface area contributed by atoms with Gasteiger partial charge in [-0.05, 0) is 0 Å². The largest absolute Gasteiger partial charge is 0.480 e. The van der Waals surface area contributed by atoms with Gasteiger partial charge in [-0.2, -0.15) is 0 Å². The first-order valence-corrected chi connectivity index (χ1v) is 4.43. The molecule has 0 aliphatic heterocycles. The minimum atomic E-state index is -1.20. The summed E-state index contributed by atoms with van der Waals surface area (Å²) in [7, 11) is 1.30. The number of carbonyl (C=O) groups is 2. The number of ether oxygens (including phenoxy) is 1. The smallest absolute Gasteiger partial charge is 0.326 e. The van der Waals surface area contributed by atoms with Crippen LogP contribution in [0, 0.1) is 0 Å². The third-order valence-electron chi connectivity index (χ3n) is 1.82. The summed E-state index contributed by atoms with van der Waals surface area (Å²) in [5.74, 6) is -1.80. The van der Waals surface area contributed by atoms with Crippen LogP contribution in [0.1, 0.15) is 6.42 Å². The zero-order valence-corrected chi connectivity index (χ0v) is 8.47. The number of methoxy groups -OCH3 is 1. The van der Waals surface area contributed by atoms with Gasteiger partial charge >= 0.3 is 5.97 Å². The van der Waals surface area contributed by atoms with Crippen molar-refractivity contribution in [2.75, 3.05) is 20.3 Å². The van der Waals surface area contributed by atoms with Crippen molar-refractivity contribution in [2.45, 2.75) is 18.6 Å². The number of aliphatic hydroxyl groups excluding tert-OH is 1. The molecule has 7 heteroatoms. The zero-order valence-electron chi connectivity index (χ0n) is 8.47. The van der Waals surface area contributed by atoms with Gasteiger partial charge in [0.05, 0.1) is 0 Å². The molecule has 0 saturated carbocycles. The maximum atomic E-state index is 11.3. The van der Waals surface area contributed by atoms with Crippen LogP contribution in [0.2, 0.25) is 0 Å². The number of hydrogen-bond acceptors (Lipinski definition) is 5. The highest BCUT2D eigenvalue weighted by molar-refractivity contribution is 5.86. The lowest BCUT2D eigenvalue weighted by Crippen LogP contribution is -2.48. The highest BCUT2D eigenvalue weighted by Gasteiger charge is 2.23. The summed E-state index contributed by atoms with van der Waals surface area (Å²) in [6.07, 6.45) is -0.923. The Hall–Kier alpha value is -1.18. The van der Waals surface area contributed by atoms with E-state index in [2.05, 4.69) is 5.32 Å². The van der Waals surface area contributed by atoms with Crippen LogP contribution >= 0.6 is 0 Å². The first kappa shape index (κ1) is 13.8. The third-order valence-corrected chi connectivity index (χ3v) is 1.82. The SMILES string of the molecule is COC(CN)C(=O)N[C@@H](CCO)C(=O)O. The molecule has 5 N–H and O–H groups in total. The van der Waals surface area contributed by atoms with Crippen LogP contribution in [0.5, 0.6) is 0 Å². The molecule has 0 aliphatic carbocycles.